The number of rotatable bonds is 3. The van der Waals surface area contributed by atoms with Crippen molar-refractivity contribution in [1.29, 1.82) is 0 Å². The molecule has 7 heteroatoms. The molecule has 1 aromatic carbocycles. The van der Waals surface area contributed by atoms with Crippen LogP contribution in [0.5, 0.6) is 0 Å². The van der Waals surface area contributed by atoms with Crippen molar-refractivity contribution in [1.82, 2.24) is 9.97 Å². The highest BCUT2D eigenvalue weighted by Crippen LogP contribution is 2.22. The molecule has 1 aliphatic heterocycles. The highest BCUT2D eigenvalue weighted by Gasteiger charge is 2.15. The van der Waals surface area contributed by atoms with Crippen molar-refractivity contribution in [3.63, 3.8) is 0 Å². The summed E-state index contributed by atoms with van der Waals surface area (Å²) in [6.45, 7) is 3.25. The molecule has 7 nitrogen and oxygen atoms in total. The molecule has 3 aromatic rings. The Kier molecular flexibility index (Phi) is 3.84. The summed E-state index contributed by atoms with van der Waals surface area (Å²) in [4.78, 5) is 22.6. The summed E-state index contributed by atoms with van der Waals surface area (Å²) in [5.74, 6) is -0.248. The Labute approximate surface area is 138 Å². The van der Waals surface area contributed by atoms with Gasteiger partial charge in [0.1, 0.15) is 12.6 Å². The summed E-state index contributed by atoms with van der Waals surface area (Å²) >= 11 is 0. The van der Waals surface area contributed by atoms with Gasteiger partial charge < -0.3 is 19.4 Å². The van der Waals surface area contributed by atoms with E-state index in [-0.39, 0.29) is 5.91 Å². The molecule has 0 aliphatic carbocycles. The Morgan fingerprint density at radius 1 is 1.17 bits per heavy atom. The molecular weight excluding hydrogens is 308 g/mol. The third kappa shape index (κ3) is 2.81. The van der Waals surface area contributed by atoms with Gasteiger partial charge in [0, 0.05) is 30.7 Å². The maximum absolute atomic E-state index is 12.4. The fourth-order valence-electron chi connectivity index (χ4n) is 2.73. The highest BCUT2D eigenvalue weighted by molar-refractivity contribution is 6.11. The molecule has 122 valence electrons. The molecule has 0 spiro atoms. The lowest BCUT2D eigenvalue weighted by molar-refractivity contribution is 0.102. The number of fused-ring (bicyclic) bond motifs is 1. The van der Waals surface area contributed by atoms with Crippen molar-refractivity contribution in [3.8, 4) is 0 Å². The number of carbonyl (C=O) groups excluding carboxylic acids is 1. The van der Waals surface area contributed by atoms with E-state index in [4.69, 9.17) is 9.15 Å². The van der Waals surface area contributed by atoms with Gasteiger partial charge in [-0.25, -0.2) is 9.97 Å². The topological polar surface area (TPSA) is 80.5 Å². The minimum atomic E-state index is -0.248. The van der Waals surface area contributed by atoms with E-state index < -0.39 is 0 Å². The normalized spacial score (nSPS) is 14.8. The summed E-state index contributed by atoms with van der Waals surface area (Å²) in [7, 11) is 0. The third-order valence-electron chi connectivity index (χ3n) is 4.00. The average Bonchev–Trinajstić information content (AvgIpc) is 3.07. The van der Waals surface area contributed by atoms with Crippen molar-refractivity contribution in [2.45, 2.75) is 0 Å². The maximum atomic E-state index is 12.4. The van der Waals surface area contributed by atoms with Crippen LogP contribution in [-0.2, 0) is 4.74 Å². The first-order valence-electron chi connectivity index (χ1n) is 7.72. The molecule has 0 unspecified atom stereocenters. The molecule has 2 aromatic heterocycles. The first-order valence-corrected chi connectivity index (χ1v) is 7.72. The van der Waals surface area contributed by atoms with Crippen LogP contribution in [-0.4, -0.2) is 42.2 Å². The van der Waals surface area contributed by atoms with Crippen LogP contribution < -0.4 is 10.2 Å². The smallest absolute Gasteiger partial charge is 0.259 e. The van der Waals surface area contributed by atoms with Crippen molar-refractivity contribution in [2.24, 2.45) is 0 Å². The van der Waals surface area contributed by atoms with Crippen LogP contribution in [0.3, 0.4) is 0 Å². The molecule has 0 atom stereocenters. The van der Waals surface area contributed by atoms with Crippen molar-refractivity contribution >= 4 is 28.4 Å². The van der Waals surface area contributed by atoms with Gasteiger partial charge in [0.15, 0.2) is 0 Å². The van der Waals surface area contributed by atoms with Crippen LogP contribution in [0.1, 0.15) is 10.4 Å². The largest absolute Gasteiger partial charge is 0.445 e. The number of anilines is 2. The first kappa shape index (κ1) is 14.6. The van der Waals surface area contributed by atoms with Gasteiger partial charge in [-0.05, 0) is 24.3 Å². The summed E-state index contributed by atoms with van der Waals surface area (Å²) in [6, 6.07) is 7.78. The predicted molar refractivity (Wildman–Crippen MR) is 89.2 cm³/mol. The quantitative estimate of drug-likeness (QED) is 0.796. The summed E-state index contributed by atoms with van der Waals surface area (Å²) in [5, 5.41) is 3.47. The number of furan rings is 1. The van der Waals surface area contributed by atoms with Crippen LogP contribution in [0, 0.1) is 0 Å². The highest BCUT2D eigenvalue weighted by atomic mass is 16.5. The molecule has 1 fully saturated rings. The molecule has 0 radical (unpaired) electrons. The van der Waals surface area contributed by atoms with Crippen molar-refractivity contribution in [3.05, 3.63) is 48.6 Å². The van der Waals surface area contributed by atoms with Gasteiger partial charge in [0.25, 0.3) is 5.91 Å². The standard InChI is InChI=1S/C17H16N4O3/c22-16(15-10-24-17-14(15)9-18-11-19-17)20-12-1-3-13(4-2-12)21-5-7-23-8-6-21/h1-4,9-11H,5-8H2,(H,20,22). The number of benzene rings is 1. The lowest BCUT2D eigenvalue weighted by Gasteiger charge is -2.28. The molecule has 4 rings (SSSR count). The molecule has 1 amide bonds. The Hall–Kier alpha value is -2.93. The number of hydrogen-bond acceptors (Lipinski definition) is 6. The Morgan fingerprint density at radius 3 is 2.75 bits per heavy atom. The third-order valence-corrected chi connectivity index (χ3v) is 4.00. The van der Waals surface area contributed by atoms with Crippen LogP contribution in [0.25, 0.3) is 11.1 Å². The minimum absolute atomic E-state index is 0.248. The second-order valence-corrected chi connectivity index (χ2v) is 5.49. The van der Waals surface area contributed by atoms with Gasteiger partial charge in [0.05, 0.1) is 24.2 Å². The second kappa shape index (κ2) is 6.29. The zero-order valence-corrected chi connectivity index (χ0v) is 12.9. The van der Waals surface area contributed by atoms with Crippen LogP contribution in [0.15, 0.2) is 47.5 Å². The number of hydrogen-bond donors (Lipinski definition) is 1. The van der Waals surface area contributed by atoms with E-state index in [2.05, 4.69) is 20.2 Å². The number of ether oxygens (including phenoxy) is 1. The molecule has 0 saturated carbocycles. The van der Waals surface area contributed by atoms with Gasteiger partial charge in [-0.2, -0.15) is 0 Å². The van der Waals surface area contributed by atoms with Crippen LogP contribution >= 0.6 is 0 Å². The summed E-state index contributed by atoms with van der Waals surface area (Å²) in [6.07, 6.45) is 4.36. The second-order valence-electron chi connectivity index (χ2n) is 5.49. The molecule has 0 bridgehead atoms. The number of amides is 1. The van der Waals surface area contributed by atoms with Crippen molar-refractivity contribution in [2.75, 3.05) is 36.5 Å². The zero-order chi connectivity index (χ0) is 16.4. The monoisotopic (exact) mass is 324 g/mol. The number of aromatic nitrogens is 2. The minimum Gasteiger partial charge on any atom is -0.445 e. The SMILES string of the molecule is O=C(Nc1ccc(N2CCOCC2)cc1)c1coc2ncncc12. The average molecular weight is 324 g/mol. The Balaban J connectivity index is 1.49. The number of nitrogens with zero attached hydrogens (tertiary/aromatic N) is 3. The number of carbonyl (C=O) groups is 1. The van der Waals surface area contributed by atoms with Gasteiger partial charge in [0.2, 0.25) is 5.71 Å². The lowest BCUT2D eigenvalue weighted by Crippen LogP contribution is -2.36. The van der Waals surface area contributed by atoms with E-state index in [0.29, 0.717) is 16.7 Å². The fourth-order valence-corrected chi connectivity index (χ4v) is 2.73. The molecule has 24 heavy (non-hydrogen) atoms. The Bertz CT molecular complexity index is 854. The Morgan fingerprint density at radius 2 is 1.96 bits per heavy atom. The van der Waals surface area contributed by atoms with Crippen LogP contribution in [0.4, 0.5) is 11.4 Å². The van der Waals surface area contributed by atoms with Crippen LogP contribution in [0.2, 0.25) is 0 Å². The van der Waals surface area contributed by atoms with Gasteiger partial charge >= 0.3 is 0 Å². The maximum Gasteiger partial charge on any atom is 0.259 e. The zero-order valence-electron chi connectivity index (χ0n) is 12.9. The molecule has 1 aliphatic rings. The summed E-state index contributed by atoms with van der Waals surface area (Å²) in [5.41, 5.74) is 2.67. The van der Waals surface area contributed by atoms with E-state index >= 15 is 0 Å². The number of nitrogens with one attached hydrogen (secondary N) is 1. The first-order chi connectivity index (χ1) is 11.8. The van der Waals surface area contributed by atoms with Gasteiger partial charge in [-0.3, -0.25) is 4.79 Å². The molecule has 1 saturated heterocycles. The van der Waals surface area contributed by atoms with E-state index in [9.17, 15) is 4.79 Å². The predicted octanol–water partition coefficient (Wildman–Crippen LogP) is 2.31. The van der Waals surface area contributed by atoms with Crippen molar-refractivity contribution < 1.29 is 13.9 Å². The lowest BCUT2D eigenvalue weighted by atomic mass is 10.2. The number of morpholine rings is 1. The molecule has 3 heterocycles. The van der Waals surface area contributed by atoms with E-state index in [1.165, 1.54) is 12.6 Å². The molecule has 1 N–H and O–H groups in total. The fraction of sp³-hybridized carbons (Fsp3) is 0.235. The van der Waals surface area contributed by atoms with E-state index in [0.717, 1.165) is 37.7 Å². The van der Waals surface area contributed by atoms with E-state index in [1.54, 1.807) is 6.20 Å². The van der Waals surface area contributed by atoms with E-state index in [1.807, 2.05) is 24.3 Å². The van der Waals surface area contributed by atoms with Gasteiger partial charge in [-0.1, -0.05) is 0 Å². The van der Waals surface area contributed by atoms with Gasteiger partial charge in [-0.15, -0.1) is 0 Å². The molecular formula is C17H16N4O3. The summed E-state index contributed by atoms with van der Waals surface area (Å²) < 4.78 is 10.6.